The highest BCUT2D eigenvalue weighted by Gasteiger charge is 2.49. The summed E-state index contributed by atoms with van der Waals surface area (Å²) in [4.78, 5) is 14.6. The Morgan fingerprint density at radius 1 is 1.16 bits per heavy atom. The normalized spacial score (nSPS) is 39.7. The third-order valence-corrected chi connectivity index (χ3v) is 5.72. The summed E-state index contributed by atoms with van der Waals surface area (Å²) >= 11 is 0. The van der Waals surface area contributed by atoms with E-state index in [0.717, 1.165) is 17.5 Å². The summed E-state index contributed by atoms with van der Waals surface area (Å²) in [5, 5.41) is 9.39. The fourth-order valence-electron chi connectivity index (χ4n) is 5.35. The second-order valence-corrected chi connectivity index (χ2v) is 6.79. The van der Waals surface area contributed by atoms with Crippen molar-refractivity contribution in [2.45, 2.75) is 38.0 Å². The van der Waals surface area contributed by atoms with Crippen molar-refractivity contribution in [3.63, 3.8) is 0 Å². The largest absolute Gasteiger partial charge is 0.478 e. The lowest BCUT2D eigenvalue weighted by Gasteiger charge is -2.54. The number of nitrogens with one attached hydrogen (secondary N) is 1. The van der Waals surface area contributed by atoms with Gasteiger partial charge in [-0.1, -0.05) is 0 Å². The van der Waals surface area contributed by atoms with Crippen molar-refractivity contribution in [2.75, 3.05) is 5.73 Å². The van der Waals surface area contributed by atoms with E-state index in [2.05, 4.69) is 4.98 Å². The highest BCUT2D eigenvalue weighted by atomic mass is 16.4. The second-order valence-electron chi connectivity index (χ2n) is 6.79. The maximum Gasteiger partial charge on any atom is 0.339 e. The highest BCUT2D eigenvalue weighted by Crippen LogP contribution is 2.60. The predicted molar refractivity (Wildman–Crippen MR) is 72.0 cm³/mol. The summed E-state index contributed by atoms with van der Waals surface area (Å²) in [5.74, 6) is 2.66. The zero-order valence-corrected chi connectivity index (χ0v) is 10.9. The fourth-order valence-corrected chi connectivity index (χ4v) is 5.35. The van der Waals surface area contributed by atoms with E-state index in [4.69, 9.17) is 5.73 Å². The van der Waals surface area contributed by atoms with Crippen LogP contribution in [0.4, 0.5) is 5.69 Å². The lowest BCUT2D eigenvalue weighted by atomic mass is 9.51. The van der Waals surface area contributed by atoms with Crippen molar-refractivity contribution < 1.29 is 9.90 Å². The Balaban J connectivity index is 1.75. The number of aromatic carboxylic acids is 1. The molecule has 1 aromatic heterocycles. The smallest absolute Gasteiger partial charge is 0.339 e. The Bertz CT molecular complexity index is 506. The van der Waals surface area contributed by atoms with Gasteiger partial charge < -0.3 is 15.8 Å². The zero-order valence-electron chi connectivity index (χ0n) is 10.9. The van der Waals surface area contributed by atoms with Crippen molar-refractivity contribution in [3.8, 4) is 0 Å². The molecule has 19 heavy (non-hydrogen) atoms. The molecule has 0 atom stereocenters. The van der Waals surface area contributed by atoms with E-state index in [0.29, 0.717) is 29.0 Å². The quantitative estimate of drug-likeness (QED) is 0.765. The molecule has 4 fully saturated rings. The van der Waals surface area contributed by atoms with Crippen molar-refractivity contribution >= 4 is 11.7 Å². The molecule has 0 aliphatic heterocycles. The molecule has 0 amide bonds. The maximum absolute atomic E-state index is 11.4. The molecule has 4 heteroatoms. The van der Waals surface area contributed by atoms with Gasteiger partial charge >= 0.3 is 5.97 Å². The Hall–Kier alpha value is -1.45. The molecular weight excluding hydrogens is 240 g/mol. The monoisotopic (exact) mass is 260 g/mol. The average Bonchev–Trinajstić information content (AvgIpc) is 2.69. The lowest BCUT2D eigenvalue weighted by molar-refractivity contribution is -0.00435. The molecule has 4 N–H and O–H groups in total. The highest BCUT2D eigenvalue weighted by molar-refractivity contribution is 5.95. The molecule has 0 spiro atoms. The first kappa shape index (κ1) is 11.4. The number of aromatic amines is 1. The summed E-state index contributed by atoms with van der Waals surface area (Å²) in [6, 6.07) is 0. The number of carbonyl (C=O) groups is 1. The second kappa shape index (κ2) is 3.78. The van der Waals surface area contributed by atoms with Crippen LogP contribution in [0.1, 0.15) is 54.1 Å². The summed E-state index contributed by atoms with van der Waals surface area (Å²) < 4.78 is 0. The Morgan fingerprint density at radius 2 is 1.74 bits per heavy atom. The minimum absolute atomic E-state index is 0.331. The van der Waals surface area contributed by atoms with Gasteiger partial charge in [0.1, 0.15) is 5.56 Å². The third kappa shape index (κ3) is 1.55. The minimum Gasteiger partial charge on any atom is -0.478 e. The molecular formula is C15H20N2O2. The number of nitrogens with two attached hydrogens (primary N) is 1. The Morgan fingerprint density at radius 3 is 2.26 bits per heavy atom. The van der Waals surface area contributed by atoms with Gasteiger partial charge in [-0.15, -0.1) is 0 Å². The number of nitrogen functional groups attached to an aromatic ring is 1. The molecule has 0 saturated heterocycles. The molecule has 4 saturated carbocycles. The van der Waals surface area contributed by atoms with Crippen LogP contribution in [-0.4, -0.2) is 16.1 Å². The molecule has 4 bridgehead atoms. The summed E-state index contributed by atoms with van der Waals surface area (Å²) in [6.07, 6.45) is 8.22. The van der Waals surface area contributed by atoms with E-state index in [1.165, 1.54) is 32.1 Å². The van der Waals surface area contributed by atoms with Gasteiger partial charge in [0.25, 0.3) is 0 Å². The summed E-state index contributed by atoms with van der Waals surface area (Å²) in [6.45, 7) is 0. The van der Waals surface area contributed by atoms with Crippen LogP contribution in [0.2, 0.25) is 0 Å². The molecule has 5 rings (SSSR count). The van der Waals surface area contributed by atoms with Crippen LogP contribution < -0.4 is 5.73 Å². The first-order chi connectivity index (χ1) is 9.13. The number of H-pyrrole nitrogens is 1. The molecule has 1 aromatic rings. The van der Waals surface area contributed by atoms with Gasteiger partial charge in [-0.25, -0.2) is 4.79 Å². The first-order valence-corrected chi connectivity index (χ1v) is 7.33. The van der Waals surface area contributed by atoms with Gasteiger partial charge in [0.05, 0.1) is 5.69 Å². The summed E-state index contributed by atoms with van der Waals surface area (Å²) in [7, 11) is 0. The average molecular weight is 260 g/mol. The predicted octanol–water partition coefficient (Wildman–Crippen LogP) is 2.83. The van der Waals surface area contributed by atoms with E-state index >= 15 is 0 Å². The molecule has 0 aromatic carbocycles. The van der Waals surface area contributed by atoms with Crippen molar-refractivity contribution in [1.82, 2.24) is 4.98 Å². The molecule has 4 nitrogen and oxygen atoms in total. The lowest BCUT2D eigenvalue weighted by Crippen LogP contribution is -2.44. The van der Waals surface area contributed by atoms with Crippen molar-refractivity contribution in [1.29, 1.82) is 0 Å². The van der Waals surface area contributed by atoms with Gasteiger partial charge in [0.2, 0.25) is 0 Å². The topological polar surface area (TPSA) is 79.1 Å². The number of aromatic nitrogens is 1. The molecule has 1 heterocycles. The van der Waals surface area contributed by atoms with E-state index in [1.807, 2.05) is 0 Å². The van der Waals surface area contributed by atoms with E-state index in [-0.39, 0.29) is 0 Å². The summed E-state index contributed by atoms with van der Waals surface area (Å²) in [5.41, 5.74) is 7.44. The Kier molecular flexibility index (Phi) is 2.26. The zero-order chi connectivity index (χ0) is 13.1. The van der Waals surface area contributed by atoms with E-state index in [1.54, 1.807) is 6.20 Å². The standard InChI is InChI=1S/C15H20N2O2/c16-11-6-17-14(13(11)15(18)19)12-9-2-7-1-8(4-9)5-10(12)3-7/h6-10,12,17H,1-5,16H2,(H,18,19). The molecule has 4 aliphatic rings. The third-order valence-electron chi connectivity index (χ3n) is 5.72. The van der Waals surface area contributed by atoms with Crippen LogP contribution in [0, 0.1) is 23.7 Å². The molecule has 102 valence electrons. The van der Waals surface area contributed by atoms with Crippen LogP contribution in [-0.2, 0) is 0 Å². The van der Waals surface area contributed by atoms with E-state index < -0.39 is 5.97 Å². The van der Waals surface area contributed by atoms with Gasteiger partial charge in [0, 0.05) is 17.8 Å². The number of carboxylic acid groups (broad SMARTS) is 1. The van der Waals surface area contributed by atoms with Crippen molar-refractivity contribution in [2.24, 2.45) is 23.7 Å². The van der Waals surface area contributed by atoms with Gasteiger partial charge in [-0.2, -0.15) is 0 Å². The fraction of sp³-hybridized carbons (Fsp3) is 0.667. The number of hydrogen-bond donors (Lipinski definition) is 3. The van der Waals surface area contributed by atoms with Gasteiger partial charge in [-0.3, -0.25) is 0 Å². The minimum atomic E-state index is -0.887. The van der Waals surface area contributed by atoms with Crippen LogP contribution >= 0.6 is 0 Å². The van der Waals surface area contributed by atoms with Gasteiger partial charge in [-0.05, 0) is 55.8 Å². The molecule has 4 aliphatic carbocycles. The Labute approximate surface area is 112 Å². The number of rotatable bonds is 2. The SMILES string of the molecule is Nc1c[nH]c(C2C3CC4CC(C3)CC2C4)c1C(=O)O. The van der Waals surface area contributed by atoms with E-state index in [9.17, 15) is 9.90 Å². The van der Waals surface area contributed by atoms with Gasteiger partial charge in [0.15, 0.2) is 0 Å². The number of anilines is 1. The molecule has 0 radical (unpaired) electrons. The van der Waals surface area contributed by atoms with Crippen molar-refractivity contribution in [3.05, 3.63) is 17.5 Å². The van der Waals surface area contributed by atoms with Crippen LogP contribution in [0.25, 0.3) is 0 Å². The molecule has 0 unspecified atom stereocenters. The van der Waals surface area contributed by atoms with Crippen LogP contribution in [0.3, 0.4) is 0 Å². The number of hydrogen-bond acceptors (Lipinski definition) is 2. The first-order valence-electron chi connectivity index (χ1n) is 7.33. The maximum atomic E-state index is 11.4. The number of carboxylic acids is 1. The van der Waals surface area contributed by atoms with Crippen LogP contribution in [0.15, 0.2) is 6.20 Å². The van der Waals surface area contributed by atoms with Crippen LogP contribution in [0.5, 0.6) is 0 Å².